The first-order valence-electron chi connectivity index (χ1n) is 4.42. The van der Waals surface area contributed by atoms with Crippen molar-refractivity contribution in [2.75, 3.05) is 12.3 Å². The summed E-state index contributed by atoms with van der Waals surface area (Å²) in [6, 6.07) is 4.30. The van der Waals surface area contributed by atoms with E-state index in [1.165, 1.54) is 18.2 Å². The van der Waals surface area contributed by atoms with Gasteiger partial charge >= 0.3 is 0 Å². The van der Waals surface area contributed by atoms with Crippen LogP contribution in [0.4, 0.5) is 11.4 Å². The summed E-state index contributed by atoms with van der Waals surface area (Å²) in [5.74, 6) is 0.528. The summed E-state index contributed by atoms with van der Waals surface area (Å²) in [4.78, 5) is 9.94. The van der Waals surface area contributed by atoms with E-state index in [4.69, 9.17) is 10.5 Å². The number of hydrogen-bond acceptors (Lipinski definition) is 4. The molecule has 0 bridgehead atoms. The molecule has 1 rings (SSSR count). The second-order valence-corrected chi connectivity index (χ2v) is 2.90. The van der Waals surface area contributed by atoms with Gasteiger partial charge in [-0.1, -0.05) is 6.08 Å². The predicted octanol–water partition coefficient (Wildman–Crippen LogP) is 2.13. The molecule has 0 radical (unpaired) electrons. The third kappa shape index (κ3) is 2.98. The van der Waals surface area contributed by atoms with Crippen LogP contribution in [0.2, 0.25) is 0 Å². The summed E-state index contributed by atoms with van der Waals surface area (Å²) in [6.45, 7) is 4.04. The Kier molecular flexibility index (Phi) is 3.68. The Hall–Kier alpha value is -2.04. The number of nitro groups is 1. The fraction of sp³-hybridized carbons (Fsp3) is 0.200. The van der Waals surface area contributed by atoms with Crippen LogP contribution in [0.3, 0.4) is 0 Å². The van der Waals surface area contributed by atoms with E-state index in [0.717, 1.165) is 6.42 Å². The van der Waals surface area contributed by atoms with E-state index in [0.29, 0.717) is 12.4 Å². The number of nitro benzene ring substituents is 1. The van der Waals surface area contributed by atoms with Crippen molar-refractivity contribution in [1.82, 2.24) is 0 Å². The second kappa shape index (κ2) is 4.99. The smallest absolute Gasteiger partial charge is 0.292 e. The van der Waals surface area contributed by atoms with Crippen molar-refractivity contribution in [3.8, 4) is 5.75 Å². The van der Waals surface area contributed by atoms with Crippen LogP contribution >= 0.6 is 0 Å². The lowest BCUT2D eigenvalue weighted by Crippen LogP contribution is -1.99. The first-order valence-corrected chi connectivity index (χ1v) is 4.42. The Morgan fingerprint density at radius 3 is 2.87 bits per heavy atom. The van der Waals surface area contributed by atoms with Crippen molar-refractivity contribution in [2.45, 2.75) is 6.42 Å². The molecule has 2 N–H and O–H groups in total. The van der Waals surface area contributed by atoms with Crippen LogP contribution < -0.4 is 10.5 Å². The summed E-state index contributed by atoms with van der Waals surface area (Å²) in [7, 11) is 0. The van der Waals surface area contributed by atoms with Crippen LogP contribution in [0.15, 0.2) is 30.9 Å². The van der Waals surface area contributed by atoms with E-state index in [2.05, 4.69) is 6.58 Å². The molecule has 0 amide bonds. The predicted molar refractivity (Wildman–Crippen MR) is 57.8 cm³/mol. The molecule has 0 spiro atoms. The molecule has 0 aliphatic carbocycles. The van der Waals surface area contributed by atoms with Crippen molar-refractivity contribution in [2.24, 2.45) is 0 Å². The molecule has 0 fully saturated rings. The van der Waals surface area contributed by atoms with Crippen molar-refractivity contribution in [3.05, 3.63) is 41.0 Å². The number of nitrogen functional groups attached to an aromatic ring is 1. The highest BCUT2D eigenvalue weighted by Crippen LogP contribution is 2.25. The fourth-order valence-corrected chi connectivity index (χ4v) is 1.05. The molecule has 0 aromatic heterocycles. The summed E-state index contributed by atoms with van der Waals surface area (Å²) in [5, 5.41) is 10.5. The Bertz CT molecular complexity index is 377. The van der Waals surface area contributed by atoms with E-state index in [1.54, 1.807) is 6.08 Å². The van der Waals surface area contributed by atoms with E-state index in [1.807, 2.05) is 0 Å². The molecule has 15 heavy (non-hydrogen) atoms. The monoisotopic (exact) mass is 208 g/mol. The van der Waals surface area contributed by atoms with Gasteiger partial charge in [0.1, 0.15) is 11.4 Å². The lowest BCUT2D eigenvalue weighted by molar-refractivity contribution is -0.383. The average Bonchev–Trinajstić information content (AvgIpc) is 2.17. The molecule has 1 aromatic carbocycles. The minimum absolute atomic E-state index is 0.105. The van der Waals surface area contributed by atoms with Crippen molar-refractivity contribution in [1.29, 1.82) is 0 Å². The highest BCUT2D eigenvalue weighted by atomic mass is 16.6. The van der Waals surface area contributed by atoms with E-state index in [9.17, 15) is 10.1 Å². The topological polar surface area (TPSA) is 78.4 Å². The molecule has 0 heterocycles. The molecule has 0 unspecified atom stereocenters. The van der Waals surface area contributed by atoms with Gasteiger partial charge in [0.25, 0.3) is 5.69 Å². The highest BCUT2D eigenvalue weighted by molar-refractivity contribution is 5.60. The van der Waals surface area contributed by atoms with Gasteiger partial charge in [-0.25, -0.2) is 0 Å². The number of hydrogen-bond donors (Lipinski definition) is 1. The third-order valence-electron chi connectivity index (χ3n) is 1.79. The lowest BCUT2D eigenvalue weighted by atomic mass is 10.2. The highest BCUT2D eigenvalue weighted by Gasteiger charge is 2.11. The molecular formula is C10H12N2O3. The molecule has 0 saturated heterocycles. The summed E-state index contributed by atoms with van der Waals surface area (Å²) in [5.41, 5.74) is 5.49. The molecule has 5 heteroatoms. The first kappa shape index (κ1) is 11.0. The van der Waals surface area contributed by atoms with E-state index < -0.39 is 4.92 Å². The van der Waals surface area contributed by atoms with Crippen LogP contribution in [0.5, 0.6) is 5.75 Å². The molecular weight excluding hydrogens is 196 g/mol. The van der Waals surface area contributed by atoms with Gasteiger partial charge in [-0.15, -0.1) is 6.58 Å². The lowest BCUT2D eigenvalue weighted by Gasteiger charge is -2.05. The summed E-state index contributed by atoms with van der Waals surface area (Å²) < 4.78 is 5.29. The fourth-order valence-electron chi connectivity index (χ4n) is 1.05. The van der Waals surface area contributed by atoms with E-state index >= 15 is 0 Å². The van der Waals surface area contributed by atoms with Crippen LogP contribution in [0.25, 0.3) is 0 Å². The number of nitrogens with two attached hydrogens (primary N) is 1. The Labute approximate surface area is 87.3 Å². The maximum absolute atomic E-state index is 10.5. The van der Waals surface area contributed by atoms with Gasteiger partial charge in [0, 0.05) is 12.1 Å². The van der Waals surface area contributed by atoms with Gasteiger partial charge in [0.15, 0.2) is 0 Å². The number of ether oxygens (including phenoxy) is 1. The zero-order valence-electron chi connectivity index (χ0n) is 8.18. The van der Waals surface area contributed by atoms with Crippen LogP contribution in [-0.2, 0) is 0 Å². The van der Waals surface area contributed by atoms with Gasteiger partial charge in [-0.05, 0) is 12.5 Å². The molecule has 5 nitrogen and oxygen atoms in total. The zero-order valence-corrected chi connectivity index (χ0v) is 8.18. The summed E-state index contributed by atoms with van der Waals surface area (Å²) in [6.07, 6.45) is 2.45. The quantitative estimate of drug-likeness (QED) is 0.264. The maximum Gasteiger partial charge on any atom is 0.292 e. The van der Waals surface area contributed by atoms with Crippen molar-refractivity contribution in [3.63, 3.8) is 0 Å². The van der Waals surface area contributed by atoms with Crippen LogP contribution in [-0.4, -0.2) is 11.5 Å². The Balaban J connectivity index is 2.73. The molecule has 0 aliphatic rings. The Morgan fingerprint density at radius 1 is 1.60 bits per heavy atom. The van der Waals surface area contributed by atoms with Crippen molar-refractivity contribution < 1.29 is 9.66 Å². The van der Waals surface area contributed by atoms with E-state index in [-0.39, 0.29) is 11.4 Å². The van der Waals surface area contributed by atoms with Gasteiger partial charge < -0.3 is 10.5 Å². The SMILES string of the molecule is C=CCCOc1ccc([N+](=O)[O-])c(N)c1. The Morgan fingerprint density at radius 2 is 2.33 bits per heavy atom. The molecule has 80 valence electrons. The normalized spacial score (nSPS) is 9.60. The molecule has 0 aliphatic heterocycles. The average molecular weight is 208 g/mol. The van der Waals surface area contributed by atoms with Crippen LogP contribution in [0, 0.1) is 10.1 Å². The second-order valence-electron chi connectivity index (χ2n) is 2.90. The number of anilines is 1. The molecule has 0 atom stereocenters. The minimum Gasteiger partial charge on any atom is -0.493 e. The van der Waals surface area contributed by atoms with Gasteiger partial charge in [0.2, 0.25) is 0 Å². The van der Waals surface area contributed by atoms with Crippen LogP contribution in [0.1, 0.15) is 6.42 Å². The number of nitrogens with zero attached hydrogens (tertiary/aromatic N) is 1. The maximum atomic E-state index is 10.5. The zero-order chi connectivity index (χ0) is 11.3. The minimum atomic E-state index is -0.525. The van der Waals surface area contributed by atoms with Crippen molar-refractivity contribution >= 4 is 11.4 Å². The third-order valence-corrected chi connectivity index (χ3v) is 1.79. The standard InChI is InChI=1S/C10H12N2O3/c1-2-3-6-15-8-4-5-10(12(13)14)9(11)7-8/h2,4-5,7H,1,3,6,11H2. The van der Waals surface area contributed by atoms with Gasteiger partial charge in [-0.3, -0.25) is 10.1 Å². The van der Waals surface area contributed by atoms with Gasteiger partial charge in [0.05, 0.1) is 11.5 Å². The summed E-state index contributed by atoms with van der Waals surface area (Å²) >= 11 is 0. The number of rotatable bonds is 5. The van der Waals surface area contributed by atoms with Gasteiger partial charge in [-0.2, -0.15) is 0 Å². The first-order chi connectivity index (χ1) is 7.15. The number of benzene rings is 1. The molecule has 1 aromatic rings. The molecule has 0 saturated carbocycles. The largest absolute Gasteiger partial charge is 0.493 e.